The highest BCUT2D eigenvalue weighted by atomic mass is 16.5. The number of pyridine rings is 1. The second kappa shape index (κ2) is 5.96. The van der Waals surface area contributed by atoms with Gasteiger partial charge in [-0.15, -0.1) is 0 Å². The lowest BCUT2D eigenvalue weighted by Crippen LogP contribution is -2.06. The number of carbonyl (C=O) groups excluding carboxylic acids is 1. The van der Waals surface area contributed by atoms with Crippen LogP contribution in [0.2, 0.25) is 0 Å². The second-order valence-corrected chi connectivity index (χ2v) is 3.38. The molecule has 0 aromatic carbocycles. The van der Waals surface area contributed by atoms with Crippen molar-refractivity contribution in [2.45, 2.75) is 19.8 Å². The summed E-state index contributed by atoms with van der Waals surface area (Å²) >= 11 is 0. The fraction of sp³-hybridized carbons (Fsp3) is 0.333. The quantitative estimate of drug-likeness (QED) is 0.420. The molecule has 0 saturated carbocycles. The largest absolute Gasteiger partial charge is 0.462 e. The van der Waals surface area contributed by atoms with E-state index in [1.807, 2.05) is 18.3 Å². The molecule has 0 bridgehead atoms. The van der Waals surface area contributed by atoms with Gasteiger partial charge in [-0.05, 0) is 31.4 Å². The van der Waals surface area contributed by atoms with Crippen LogP contribution < -0.4 is 0 Å². The Morgan fingerprint density at radius 1 is 1.60 bits per heavy atom. The molecule has 0 aliphatic carbocycles. The van der Waals surface area contributed by atoms with Crippen molar-refractivity contribution in [1.29, 1.82) is 0 Å². The van der Waals surface area contributed by atoms with Gasteiger partial charge >= 0.3 is 5.97 Å². The predicted molar refractivity (Wildman–Crippen MR) is 58.3 cm³/mol. The van der Waals surface area contributed by atoms with E-state index in [0.29, 0.717) is 12.2 Å². The molecular weight excluding hydrogens is 190 g/mol. The fourth-order valence-electron chi connectivity index (χ4n) is 1.11. The van der Waals surface area contributed by atoms with Gasteiger partial charge in [-0.3, -0.25) is 4.98 Å². The van der Waals surface area contributed by atoms with E-state index in [1.54, 1.807) is 13.1 Å². The van der Waals surface area contributed by atoms with Crippen LogP contribution in [-0.2, 0) is 16.0 Å². The fourth-order valence-corrected chi connectivity index (χ4v) is 1.11. The summed E-state index contributed by atoms with van der Waals surface area (Å²) in [6.45, 7) is 5.58. The molecule has 0 unspecified atom stereocenters. The van der Waals surface area contributed by atoms with E-state index in [9.17, 15) is 4.79 Å². The van der Waals surface area contributed by atoms with Gasteiger partial charge in [0, 0.05) is 18.0 Å². The molecule has 1 heterocycles. The third-order valence-corrected chi connectivity index (χ3v) is 1.91. The van der Waals surface area contributed by atoms with Crippen LogP contribution in [0.1, 0.15) is 18.9 Å². The molecule has 3 heteroatoms. The molecule has 0 aliphatic rings. The summed E-state index contributed by atoms with van der Waals surface area (Å²) in [6, 6.07) is 3.91. The molecule has 15 heavy (non-hydrogen) atoms. The number of hydrogen-bond donors (Lipinski definition) is 0. The van der Waals surface area contributed by atoms with Crippen molar-refractivity contribution in [2.24, 2.45) is 0 Å². The lowest BCUT2D eigenvalue weighted by atomic mass is 10.2. The lowest BCUT2D eigenvalue weighted by molar-refractivity contribution is -0.139. The van der Waals surface area contributed by atoms with Gasteiger partial charge in [0.2, 0.25) is 0 Å². The topological polar surface area (TPSA) is 39.2 Å². The Morgan fingerprint density at radius 3 is 3.00 bits per heavy atom. The highest BCUT2D eigenvalue weighted by Crippen LogP contribution is 2.01. The maximum atomic E-state index is 11.0. The third kappa shape index (κ3) is 4.40. The Kier molecular flexibility index (Phi) is 4.54. The Hall–Kier alpha value is -1.64. The van der Waals surface area contributed by atoms with Crippen LogP contribution in [0.15, 0.2) is 36.7 Å². The molecule has 0 aliphatic heterocycles. The molecule has 0 saturated heterocycles. The van der Waals surface area contributed by atoms with Crippen molar-refractivity contribution in [1.82, 2.24) is 4.98 Å². The molecule has 1 aromatic heterocycles. The van der Waals surface area contributed by atoms with E-state index < -0.39 is 0 Å². The number of hydrogen-bond acceptors (Lipinski definition) is 3. The number of nitrogens with zero attached hydrogens (tertiary/aromatic N) is 1. The van der Waals surface area contributed by atoms with Gasteiger partial charge in [-0.25, -0.2) is 4.79 Å². The molecule has 3 nitrogen and oxygen atoms in total. The van der Waals surface area contributed by atoms with E-state index in [2.05, 4.69) is 11.6 Å². The summed E-state index contributed by atoms with van der Waals surface area (Å²) in [5, 5.41) is 0. The molecule has 0 N–H and O–H groups in total. The molecule has 0 atom stereocenters. The van der Waals surface area contributed by atoms with Crippen molar-refractivity contribution in [2.75, 3.05) is 6.61 Å². The van der Waals surface area contributed by atoms with Crippen molar-refractivity contribution < 1.29 is 9.53 Å². The van der Waals surface area contributed by atoms with Crippen LogP contribution in [0, 0.1) is 0 Å². The highest BCUT2D eigenvalue weighted by molar-refractivity contribution is 5.86. The van der Waals surface area contributed by atoms with Gasteiger partial charge in [-0.2, -0.15) is 0 Å². The Labute approximate surface area is 89.8 Å². The van der Waals surface area contributed by atoms with Crippen molar-refractivity contribution in [3.05, 3.63) is 42.2 Å². The average molecular weight is 205 g/mol. The first-order chi connectivity index (χ1) is 7.20. The molecule has 1 rings (SSSR count). The van der Waals surface area contributed by atoms with Crippen molar-refractivity contribution in [3.8, 4) is 0 Å². The molecule has 0 radical (unpaired) electrons. The Balaban J connectivity index is 2.18. The standard InChI is InChI=1S/C12H15NO2/c1-10(2)12(14)15-8-4-6-11-5-3-7-13-9-11/h3,5,7,9H,1,4,6,8H2,2H3. The SMILES string of the molecule is C=C(C)C(=O)OCCCc1cccnc1. The summed E-state index contributed by atoms with van der Waals surface area (Å²) in [5.41, 5.74) is 1.60. The average Bonchev–Trinajstić information content (AvgIpc) is 2.25. The minimum Gasteiger partial charge on any atom is -0.462 e. The Bertz CT molecular complexity index is 333. The summed E-state index contributed by atoms with van der Waals surface area (Å²) < 4.78 is 4.97. The first-order valence-electron chi connectivity index (χ1n) is 4.91. The van der Waals surface area contributed by atoms with Gasteiger partial charge in [0.05, 0.1) is 6.61 Å². The monoisotopic (exact) mass is 205 g/mol. The van der Waals surface area contributed by atoms with Gasteiger partial charge in [0.25, 0.3) is 0 Å². The number of esters is 1. The normalized spacial score (nSPS) is 9.67. The van der Waals surface area contributed by atoms with E-state index in [0.717, 1.165) is 18.4 Å². The van der Waals surface area contributed by atoms with E-state index >= 15 is 0 Å². The molecule has 0 fully saturated rings. The van der Waals surface area contributed by atoms with Crippen LogP contribution in [0.4, 0.5) is 0 Å². The predicted octanol–water partition coefficient (Wildman–Crippen LogP) is 2.13. The number of rotatable bonds is 5. The van der Waals surface area contributed by atoms with Crippen molar-refractivity contribution in [3.63, 3.8) is 0 Å². The molecule has 0 amide bonds. The minimum absolute atomic E-state index is 0.318. The van der Waals surface area contributed by atoms with Crippen LogP contribution in [0.5, 0.6) is 0 Å². The summed E-state index contributed by atoms with van der Waals surface area (Å²) in [5.74, 6) is -0.318. The molecule has 1 aromatic rings. The van der Waals surface area contributed by atoms with Gasteiger partial charge in [-0.1, -0.05) is 12.6 Å². The van der Waals surface area contributed by atoms with Crippen molar-refractivity contribution >= 4 is 5.97 Å². The third-order valence-electron chi connectivity index (χ3n) is 1.91. The van der Waals surface area contributed by atoms with Crippen LogP contribution in [0.25, 0.3) is 0 Å². The zero-order chi connectivity index (χ0) is 11.1. The second-order valence-electron chi connectivity index (χ2n) is 3.38. The van der Waals surface area contributed by atoms with E-state index in [-0.39, 0.29) is 5.97 Å². The van der Waals surface area contributed by atoms with Gasteiger partial charge in [0.1, 0.15) is 0 Å². The van der Waals surface area contributed by atoms with E-state index in [1.165, 1.54) is 0 Å². The maximum absolute atomic E-state index is 11.0. The first-order valence-corrected chi connectivity index (χ1v) is 4.91. The number of carbonyl (C=O) groups is 1. The number of ether oxygens (including phenoxy) is 1. The molecule has 0 spiro atoms. The number of aromatic nitrogens is 1. The van der Waals surface area contributed by atoms with Gasteiger partial charge in [0.15, 0.2) is 0 Å². The number of aryl methyl sites for hydroxylation is 1. The van der Waals surface area contributed by atoms with Gasteiger partial charge < -0.3 is 4.74 Å². The van der Waals surface area contributed by atoms with Crippen LogP contribution in [0.3, 0.4) is 0 Å². The van der Waals surface area contributed by atoms with Crippen LogP contribution in [-0.4, -0.2) is 17.6 Å². The van der Waals surface area contributed by atoms with Crippen LogP contribution >= 0.6 is 0 Å². The minimum atomic E-state index is -0.318. The highest BCUT2D eigenvalue weighted by Gasteiger charge is 2.01. The Morgan fingerprint density at radius 2 is 2.40 bits per heavy atom. The summed E-state index contributed by atoms with van der Waals surface area (Å²) in [6.07, 6.45) is 5.24. The lowest BCUT2D eigenvalue weighted by Gasteiger charge is -2.03. The van der Waals surface area contributed by atoms with E-state index in [4.69, 9.17) is 4.74 Å². The maximum Gasteiger partial charge on any atom is 0.333 e. The molecular formula is C12H15NO2. The zero-order valence-electron chi connectivity index (χ0n) is 8.90. The summed E-state index contributed by atoms with van der Waals surface area (Å²) in [7, 11) is 0. The molecule has 80 valence electrons. The smallest absolute Gasteiger partial charge is 0.333 e. The summed E-state index contributed by atoms with van der Waals surface area (Å²) in [4.78, 5) is 15.0. The first kappa shape index (κ1) is 11.4. The zero-order valence-corrected chi connectivity index (χ0v) is 8.90.